The molecule has 1 aromatic carbocycles. The van der Waals surface area contributed by atoms with Gasteiger partial charge in [-0.1, -0.05) is 0 Å². The van der Waals surface area contributed by atoms with Crippen molar-refractivity contribution in [2.24, 2.45) is 0 Å². The number of aromatic nitrogens is 1. The third kappa shape index (κ3) is 4.44. The highest BCUT2D eigenvalue weighted by atomic mass is 19.4. The number of carbonyl (C=O) groups is 1. The molecular formula is C18H17F4NO5. The Morgan fingerprint density at radius 2 is 1.96 bits per heavy atom. The summed E-state index contributed by atoms with van der Waals surface area (Å²) >= 11 is 0. The van der Waals surface area contributed by atoms with Crippen LogP contribution in [-0.2, 0) is 9.47 Å². The van der Waals surface area contributed by atoms with E-state index in [0.717, 1.165) is 6.07 Å². The highest BCUT2D eigenvalue weighted by molar-refractivity contribution is 5.94. The third-order valence-electron chi connectivity index (χ3n) is 4.20. The molecule has 10 heteroatoms. The van der Waals surface area contributed by atoms with Gasteiger partial charge in [0, 0.05) is 43.8 Å². The molecular weight excluding hydrogens is 386 g/mol. The van der Waals surface area contributed by atoms with E-state index in [-0.39, 0.29) is 29.1 Å². The van der Waals surface area contributed by atoms with E-state index in [1.165, 1.54) is 17.9 Å². The van der Waals surface area contributed by atoms with E-state index in [1.54, 1.807) is 0 Å². The van der Waals surface area contributed by atoms with Crippen LogP contribution < -0.4 is 10.2 Å². The predicted molar refractivity (Wildman–Crippen MR) is 89.9 cm³/mol. The van der Waals surface area contributed by atoms with Crippen LogP contribution in [0.3, 0.4) is 0 Å². The standard InChI is InChI=1S/C18H17F4NO5/c1-26-5-2-6-27-17(25)12-9-23(10-3-4-10)14-8-15(28-18(20,21)22)13(19)7-11(14)16(12)24/h7-10H,2-6H2,1H3. The monoisotopic (exact) mass is 403 g/mol. The number of methoxy groups -OCH3 is 1. The summed E-state index contributed by atoms with van der Waals surface area (Å²) in [6.07, 6.45) is -1.97. The van der Waals surface area contributed by atoms with Crippen molar-refractivity contribution in [2.45, 2.75) is 31.7 Å². The second kappa shape index (κ2) is 7.78. The Hall–Kier alpha value is -2.62. The lowest BCUT2D eigenvalue weighted by Crippen LogP contribution is -2.22. The molecule has 3 rings (SSSR count). The van der Waals surface area contributed by atoms with E-state index >= 15 is 0 Å². The Labute approximate surface area is 156 Å². The van der Waals surface area contributed by atoms with Gasteiger partial charge in [0.2, 0.25) is 5.43 Å². The molecule has 0 bridgehead atoms. The molecule has 0 aliphatic heterocycles. The molecule has 1 aromatic heterocycles. The highest BCUT2D eigenvalue weighted by Gasteiger charge is 2.34. The number of pyridine rings is 1. The summed E-state index contributed by atoms with van der Waals surface area (Å²) in [5, 5.41) is -0.217. The van der Waals surface area contributed by atoms with Crippen molar-refractivity contribution >= 4 is 16.9 Å². The molecule has 152 valence electrons. The predicted octanol–water partition coefficient (Wildman–Crippen LogP) is 3.57. The first kappa shape index (κ1) is 20.1. The number of rotatable bonds is 7. The van der Waals surface area contributed by atoms with Crippen LogP contribution in [0.1, 0.15) is 35.7 Å². The van der Waals surface area contributed by atoms with Gasteiger partial charge in [-0.05, 0) is 18.9 Å². The van der Waals surface area contributed by atoms with Crippen molar-refractivity contribution in [1.82, 2.24) is 4.57 Å². The fraction of sp³-hybridized carbons (Fsp3) is 0.444. The number of alkyl halides is 3. The first-order valence-corrected chi connectivity index (χ1v) is 8.51. The molecule has 0 N–H and O–H groups in total. The molecule has 0 atom stereocenters. The summed E-state index contributed by atoms with van der Waals surface area (Å²) in [7, 11) is 1.49. The van der Waals surface area contributed by atoms with Crippen molar-refractivity contribution in [1.29, 1.82) is 0 Å². The average molecular weight is 403 g/mol. The SMILES string of the molecule is COCCCOC(=O)c1cn(C2CC2)c2cc(OC(F)(F)F)c(F)cc2c1=O. The molecule has 0 amide bonds. The molecule has 2 aromatic rings. The van der Waals surface area contributed by atoms with E-state index in [9.17, 15) is 27.2 Å². The Morgan fingerprint density at radius 3 is 2.57 bits per heavy atom. The van der Waals surface area contributed by atoms with Gasteiger partial charge in [-0.15, -0.1) is 13.2 Å². The van der Waals surface area contributed by atoms with Gasteiger partial charge in [0.1, 0.15) is 5.56 Å². The minimum atomic E-state index is -5.08. The summed E-state index contributed by atoms with van der Waals surface area (Å²) in [5.74, 6) is -3.27. The molecule has 0 spiro atoms. The van der Waals surface area contributed by atoms with Crippen molar-refractivity contribution < 1.29 is 36.6 Å². The zero-order valence-electron chi connectivity index (χ0n) is 14.8. The highest BCUT2D eigenvalue weighted by Crippen LogP contribution is 2.38. The van der Waals surface area contributed by atoms with Crippen LogP contribution in [0, 0.1) is 5.82 Å². The molecule has 28 heavy (non-hydrogen) atoms. The first-order chi connectivity index (χ1) is 13.2. The summed E-state index contributed by atoms with van der Waals surface area (Å²) in [6.45, 7) is 0.394. The van der Waals surface area contributed by atoms with Crippen molar-refractivity contribution in [3.05, 3.63) is 39.9 Å². The molecule has 6 nitrogen and oxygen atoms in total. The normalized spacial score (nSPS) is 14.3. The van der Waals surface area contributed by atoms with Crippen molar-refractivity contribution in [3.8, 4) is 5.75 Å². The molecule has 1 saturated carbocycles. The molecule has 0 unspecified atom stereocenters. The number of esters is 1. The van der Waals surface area contributed by atoms with Gasteiger partial charge in [0.25, 0.3) is 0 Å². The van der Waals surface area contributed by atoms with Gasteiger partial charge in [0.05, 0.1) is 12.1 Å². The number of nitrogens with zero attached hydrogens (tertiary/aromatic N) is 1. The topological polar surface area (TPSA) is 66.8 Å². The van der Waals surface area contributed by atoms with Gasteiger partial charge in [-0.25, -0.2) is 9.18 Å². The Bertz CT molecular complexity index is 950. The van der Waals surface area contributed by atoms with Gasteiger partial charge in [-0.3, -0.25) is 4.79 Å². The number of benzene rings is 1. The average Bonchev–Trinajstić information content (AvgIpc) is 3.44. The number of carbonyl (C=O) groups excluding carboxylic acids is 1. The van der Waals surface area contributed by atoms with Gasteiger partial charge in [-0.2, -0.15) is 0 Å². The van der Waals surface area contributed by atoms with E-state index < -0.39 is 29.3 Å². The van der Waals surface area contributed by atoms with Crippen LogP contribution in [0.5, 0.6) is 5.75 Å². The van der Waals surface area contributed by atoms with Crippen LogP contribution in [0.15, 0.2) is 23.1 Å². The minimum Gasteiger partial charge on any atom is -0.462 e. The number of fused-ring (bicyclic) bond motifs is 1. The fourth-order valence-corrected chi connectivity index (χ4v) is 2.80. The Kier molecular flexibility index (Phi) is 5.59. The summed E-state index contributed by atoms with van der Waals surface area (Å²) in [4.78, 5) is 24.9. The van der Waals surface area contributed by atoms with E-state index in [4.69, 9.17) is 9.47 Å². The number of hydrogen-bond acceptors (Lipinski definition) is 5. The van der Waals surface area contributed by atoms with E-state index in [1.807, 2.05) is 0 Å². The molecule has 0 saturated heterocycles. The Balaban J connectivity index is 2.04. The molecule has 1 heterocycles. The smallest absolute Gasteiger partial charge is 0.462 e. The molecule has 1 aliphatic rings. The number of ether oxygens (including phenoxy) is 3. The molecule has 0 radical (unpaired) electrons. The molecule has 1 fully saturated rings. The van der Waals surface area contributed by atoms with E-state index in [2.05, 4.69) is 4.74 Å². The zero-order valence-corrected chi connectivity index (χ0v) is 14.8. The zero-order chi connectivity index (χ0) is 20.5. The maximum Gasteiger partial charge on any atom is 0.573 e. The van der Waals surface area contributed by atoms with Crippen LogP contribution in [0.2, 0.25) is 0 Å². The summed E-state index contributed by atoms with van der Waals surface area (Å²) in [5.41, 5.74) is -1.06. The second-order valence-electron chi connectivity index (χ2n) is 6.34. The summed E-state index contributed by atoms with van der Waals surface area (Å²) < 4.78 is 66.6. The van der Waals surface area contributed by atoms with Gasteiger partial charge >= 0.3 is 12.3 Å². The van der Waals surface area contributed by atoms with Crippen molar-refractivity contribution in [3.63, 3.8) is 0 Å². The maximum absolute atomic E-state index is 14.1. The second-order valence-corrected chi connectivity index (χ2v) is 6.34. The van der Waals surface area contributed by atoms with Crippen LogP contribution in [-0.4, -0.2) is 37.2 Å². The minimum absolute atomic E-state index is 0.0281. The summed E-state index contributed by atoms with van der Waals surface area (Å²) in [6, 6.07) is 1.37. The molecule has 1 aliphatic carbocycles. The van der Waals surface area contributed by atoms with E-state index in [0.29, 0.717) is 31.9 Å². The van der Waals surface area contributed by atoms with Crippen LogP contribution >= 0.6 is 0 Å². The largest absolute Gasteiger partial charge is 0.573 e. The first-order valence-electron chi connectivity index (χ1n) is 8.51. The number of halogens is 4. The maximum atomic E-state index is 14.1. The van der Waals surface area contributed by atoms with Crippen LogP contribution in [0.4, 0.5) is 17.6 Å². The van der Waals surface area contributed by atoms with Gasteiger partial charge < -0.3 is 18.8 Å². The lowest BCUT2D eigenvalue weighted by atomic mass is 10.1. The van der Waals surface area contributed by atoms with Crippen LogP contribution in [0.25, 0.3) is 10.9 Å². The lowest BCUT2D eigenvalue weighted by molar-refractivity contribution is -0.275. The fourth-order valence-electron chi connectivity index (χ4n) is 2.80. The third-order valence-corrected chi connectivity index (χ3v) is 4.20. The van der Waals surface area contributed by atoms with Gasteiger partial charge in [0.15, 0.2) is 11.6 Å². The van der Waals surface area contributed by atoms with Crippen molar-refractivity contribution in [2.75, 3.05) is 20.3 Å². The Morgan fingerprint density at radius 1 is 1.25 bits per heavy atom. The lowest BCUT2D eigenvalue weighted by Gasteiger charge is -2.15. The number of hydrogen-bond donors (Lipinski definition) is 0. The quantitative estimate of drug-likeness (QED) is 0.402.